The molecule has 3 aromatic carbocycles. The summed E-state index contributed by atoms with van der Waals surface area (Å²) in [7, 11) is 0. The van der Waals surface area contributed by atoms with E-state index in [2.05, 4.69) is 10.6 Å². The van der Waals surface area contributed by atoms with Gasteiger partial charge in [0.1, 0.15) is 11.6 Å². The number of halogens is 1. The van der Waals surface area contributed by atoms with Crippen molar-refractivity contribution in [2.24, 2.45) is 0 Å². The Morgan fingerprint density at radius 3 is 2.39 bits per heavy atom. The van der Waals surface area contributed by atoms with Gasteiger partial charge in [-0.15, -0.1) is 0 Å². The summed E-state index contributed by atoms with van der Waals surface area (Å²) in [5.74, 6) is -0.0231. The van der Waals surface area contributed by atoms with E-state index >= 15 is 0 Å². The molecule has 6 heteroatoms. The Kier molecular flexibility index (Phi) is 6.36. The van der Waals surface area contributed by atoms with Crippen molar-refractivity contribution < 1.29 is 18.7 Å². The number of carbonyl (C=O) groups is 2. The number of amides is 2. The number of ether oxygens (including phenoxy) is 1. The first-order valence-corrected chi connectivity index (χ1v) is 8.73. The maximum absolute atomic E-state index is 13.2. The lowest BCUT2D eigenvalue weighted by Crippen LogP contribution is -2.33. The smallest absolute Gasteiger partial charge is 0.243 e. The molecule has 0 aromatic heterocycles. The second kappa shape index (κ2) is 9.32. The van der Waals surface area contributed by atoms with Crippen LogP contribution < -0.4 is 15.4 Å². The maximum Gasteiger partial charge on any atom is 0.243 e. The largest absolute Gasteiger partial charge is 0.455 e. The number of hydrogen-bond acceptors (Lipinski definition) is 3. The highest BCUT2D eigenvalue weighted by Crippen LogP contribution is 2.28. The molecule has 0 saturated carbocycles. The van der Waals surface area contributed by atoms with Crippen LogP contribution in [0.4, 0.5) is 10.1 Å². The van der Waals surface area contributed by atoms with E-state index in [1.807, 2.05) is 30.3 Å². The monoisotopic (exact) mass is 378 g/mol. The third-order valence-corrected chi connectivity index (χ3v) is 3.83. The van der Waals surface area contributed by atoms with E-state index in [1.165, 1.54) is 18.2 Å². The summed E-state index contributed by atoms with van der Waals surface area (Å²) in [5, 5.41) is 5.25. The number of benzene rings is 3. The Hall–Kier alpha value is -3.67. The minimum atomic E-state index is -0.405. The molecule has 142 valence electrons. The van der Waals surface area contributed by atoms with E-state index in [9.17, 15) is 14.0 Å². The molecule has 0 unspecified atom stereocenters. The van der Waals surface area contributed by atoms with E-state index in [1.54, 1.807) is 30.3 Å². The van der Waals surface area contributed by atoms with Gasteiger partial charge in [0.2, 0.25) is 11.8 Å². The van der Waals surface area contributed by atoms with Gasteiger partial charge in [-0.2, -0.15) is 0 Å². The van der Waals surface area contributed by atoms with Gasteiger partial charge in [-0.05, 0) is 42.0 Å². The van der Waals surface area contributed by atoms with Crippen molar-refractivity contribution in [1.29, 1.82) is 0 Å². The van der Waals surface area contributed by atoms with Crippen LogP contribution >= 0.6 is 0 Å². The summed E-state index contributed by atoms with van der Waals surface area (Å²) in [4.78, 5) is 24.1. The van der Waals surface area contributed by atoms with Crippen molar-refractivity contribution >= 4 is 17.5 Å². The average Bonchev–Trinajstić information content (AvgIpc) is 2.69. The zero-order valence-corrected chi connectivity index (χ0v) is 15.0. The maximum atomic E-state index is 13.2. The molecule has 0 aliphatic heterocycles. The first-order valence-electron chi connectivity index (χ1n) is 8.73. The van der Waals surface area contributed by atoms with Crippen LogP contribution in [0.25, 0.3) is 0 Å². The quantitative estimate of drug-likeness (QED) is 0.655. The molecular weight excluding hydrogens is 359 g/mol. The SMILES string of the molecule is O=C(Cc1cccc(F)c1)NCC(=O)Nc1ccccc1Oc1ccccc1. The fourth-order valence-electron chi connectivity index (χ4n) is 2.54. The first kappa shape index (κ1) is 19.1. The minimum Gasteiger partial charge on any atom is -0.455 e. The number of hydrogen-bond donors (Lipinski definition) is 2. The topological polar surface area (TPSA) is 67.4 Å². The second-order valence-electron chi connectivity index (χ2n) is 6.04. The molecule has 0 spiro atoms. The van der Waals surface area contributed by atoms with E-state index < -0.39 is 11.7 Å². The van der Waals surface area contributed by atoms with E-state index in [-0.39, 0.29) is 18.9 Å². The molecule has 0 atom stereocenters. The number of carbonyl (C=O) groups excluding carboxylic acids is 2. The van der Waals surface area contributed by atoms with Gasteiger partial charge < -0.3 is 15.4 Å². The van der Waals surface area contributed by atoms with Crippen molar-refractivity contribution in [2.45, 2.75) is 6.42 Å². The fraction of sp³-hybridized carbons (Fsp3) is 0.0909. The third kappa shape index (κ3) is 5.67. The van der Waals surface area contributed by atoms with Crippen LogP contribution in [-0.2, 0) is 16.0 Å². The van der Waals surface area contributed by atoms with Gasteiger partial charge in [0.05, 0.1) is 18.7 Å². The summed E-state index contributed by atoms with van der Waals surface area (Å²) < 4.78 is 18.9. The predicted molar refractivity (Wildman–Crippen MR) is 105 cm³/mol. The lowest BCUT2D eigenvalue weighted by Gasteiger charge is -2.12. The van der Waals surface area contributed by atoms with Crippen molar-refractivity contribution in [3.05, 3.63) is 90.2 Å². The standard InChI is InChI=1S/C22H19FN2O3/c23-17-8-6-7-16(13-17)14-21(26)24-15-22(27)25-19-11-4-5-12-20(19)28-18-9-2-1-3-10-18/h1-13H,14-15H2,(H,24,26)(H,25,27). The molecule has 0 bridgehead atoms. The summed E-state index contributed by atoms with van der Waals surface area (Å²) in [5.41, 5.74) is 1.04. The second-order valence-corrected chi connectivity index (χ2v) is 6.04. The zero-order chi connectivity index (χ0) is 19.8. The Morgan fingerprint density at radius 2 is 1.61 bits per heavy atom. The Balaban J connectivity index is 1.54. The van der Waals surface area contributed by atoms with Gasteiger partial charge in [0, 0.05) is 0 Å². The lowest BCUT2D eigenvalue weighted by molar-refractivity contribution is -0.123. The molecule has 0 heterocycles. The van der Waals surface area contributed by atoms with Crippen molar-refractivity contribution in [1.82, 2.24) is 5.32 Å². The lowest BCUT2D eigenvalue weighted by atomic mass is 10.1. The highest BCUT2D eigenvalue weighted by Gasteiger charge is 2.10. The molecule has 0 fully saturated rings. The number of anilines is 1. The molecule has 3 aromatic rings. The van der Waals surface area contributed by atoms with Crippen molar-refractivity contribution in [3.63, 3.8) is 0 Å². The number of para-hydroxylation sites is 3. The van der Waals surface area contributed by atoms with Gasteiger partial charge in [-0.25, -0.2) is 4.39 Å². The highest BCUT2D eigenvalue weighted by atomic mass is 19.1. The Labute approximate surface area is 162 Å². The van der Waals surface area contributed by atoms with Gasteiger partial charge >= 0.3 is 0 Å². The Morgan fingerprint density at radius 1 is 0.857 bits per heavy atom. The molecule has 28 heavy (non-hydrogen) atoms. The van der Waals surface area contributed by atoms with Crippen LogP contribution in [0, 0.1) is 5.82 Å². The normalized spacial score (nSPS) is 10.2. The molecule has 0 aliphatic carbocycles. The molecule has 0 radical (unpaired) electrons. The van der Waals surface area contributed by atoms with Crippen LogP contribution in [0.1, 0.15) is 5.56 Å². The van der Waals surface area contributed by atoms with Crippen LogP contribution in [0.15, 0.2) is 78.9 Å². The van der Waals surface area contributed by atoms with E-state index in [4.69, 9.17) is 4.74 Å². The third-order valence-electron chi connectivity index (χ3n) is 3.83. The van der Waals surface area contributed by atoms with Crippen molar-refractivity contribution in [3.8, 4) is 11.5 Å². The van der Waals surface area contributed by atoms with Crippen LogP contribution in [0.5, 0.6) is 11.5 Å². The molecular formula is C22H19FN2O3. The van der Waals surface area contributed by atoms with Gasteiger partial charge in [0.25, 0.3) is 0 Å². The number of nitrogens with one attached hydrogen (secondary N) is 2. The van der Waals surface area contributed by atoms with E-state index in [0.29, 0.717) is 22.7 Å². The zero-order valence-electron chi connectivity index (χ0n) is 15.0. The highest BCUT2D eigenvalue weighted by molar-refractivity contribution is 5.95. The van der Waals surface area contributed by atoms with Crippen LogP contribution in [-0.4, -0.2) is 18.4 Å². The average molecular weight is 378 g/mol. The summed E-state index contributed by atoms with van der Waals surface area (Å²) >= 11 is 0. The van der Waals surface area contributed by atoms with Gasteiger partial charge in [-0.1, -0.05) is 42.5 Å². The Bertz CT molecular complexity index is 961. The molecule has 2 N–H and O–H groups in total. The molecule has 2 amide bonds. The molecule has 5 nitrogen and oxygen atoms in total. The fourth-order valence-corrected chi connectivity index (χ4v) is 2.54. The van der Waals surface area contributed by atoms with Gasteiger partial charge in [-0.3, -0.25) is 9.59 Å². The van der Waals surface area contributed by atoms with Crippen molar-refractivity contribution in [2.75, 3.05) is 11.9 Å². The van der Waals surface area contributed by atoms with Crippen LogP contribution in [0.2, 0.25) is 0 Å². The van der Waals surface area contributed by atoms with Crippen LogP contribution in [0.3, 0.4) is 0 Å². The minimum absolute atomic E-state index is 0.00124. The first-order chi connectivity index (χ1) is 13.6. The van der Waals surface area contributed by atoms with E-state index in [0.717, 1.165) is 0 Å². The molecule has 0 aliphatic rings. The molecule has 3 rings (SSSR count). The summed E-state index contributed by atoms with van der Waals surface area (Å²) in [6.45, 7) is -0.201. The summed E-state index contributed by atoms with van der Waals surface area (Å²) in [6, 6.07) is 22.0. The summed E-state index contributed by atoms with van der Waals surface area (Å²) in [6.07, 6.45) is -0.00124. The predicted octanol–water partition coefficient (Wildman–Crippen LogP) is 3.92. The van der Waals surface area contributed by atoms with Gasteiger partial charge in [0.15, 0.2) is 5.75 Å². The number of rotatable bonds is 7. The molecule has 0 saturated heterocycles.